The van der Waals surface area contributed by atoms with E-state index in [9.17, 15) is 9.59 Å². The van der Waals surface area contributed by atoms with Crippen molar-refractivity contribution in [1.82, 2.24) is 20.2 Å². The number of aromatic nitrogens is 2. The van der Waals surface area contributed by atoms with Crippen LogP contribution < -0.4 is 21.3 Å². The van der Waals surface area contributed by atoms with E-state index < -0.39 is 5.91 Å². The quantitative estimate of drug-likeness (QED) is 0.600. The van der Waals surface area contributed by atoms with Gasteiger partial charge in [-0.1, -0.05) is 31.4 Å². The molecule has 2 heterocycles. The lowest BCUT2D eigenvalue weighted by Gasteiger charge is -2.34. The Hall–Kier alpha value is -3.36. The average molecular weight is 466 g/mol. The Bertz CT molecular complexity index is 1000. The number of hydrogen-bond donors (Lipinski definition) is 3. The van der Waals surface area contributed by atoms with E-state index in [2.05, 4.69) is 32.7 Å². The van der Waals surface area contributed by atoms with Crippen molar-refractivity contribution >= 4 is 29.3 Å². The Balaban J connectivity index is 1.50. The van der Waals surface area contributed by atoms with Gasteiger partial charge in [-0.2, -0.15) is 0 Å². The Morgan fingerprint density at radius 3 is 2.47 bits per heavy atom. The molecule has 1 unspecified atom stereocenters. The molecule has 0 bridgehead atoms. The van der Waals surface area contributed by atoms with Crippen molar-refractivity contribution in [2.45, 2.75) is 56.9 Å². The second-order valence-corrected chi connectivity index (χ2v) is 9.50. The molecule has 1 aromatic heterocycles. The monoisotopic (exact) mass is 465 g/mol. The highest BCUT2D eigenvalue weighted by Crippen LogP contribution is 2.33. The van der Waals surface area contributed by atoms with Crippen LogP contribution in [-0.2, 0) is 0 Å². The number of amides is 3. The predicted octanol–water partition coefficient (Wildman–Crippen LogP) is 3.61. The predicted molar refractivity (Wildman–Crippen MR) is 134 cm³/mol. The summed E-state index contributed by atoms with van der Waals surface area (Å²) in [5, 5.41) is 6.29. The summed E-state index contributed by atoms with van der Waals surface area (Å²) in [4.78, 5) is 36.7. The Morgan fingerprint density at radius 2 is 1.79 bits per heavy atom. The first-order valence-corrected chi connectivity index (χ1v) is 12.2. The van der Waals surface area contributed by atoms with Crippen molar-refractivity contribution in [2.24, 2.45) is 5.73 Å². The van der Waals surface area contributed by atoms with Gasteiger partial charge in [0, 0.05) is 38.9 Å². The Morgan fingerprint density at radius 1 is 1.06 bits per heavy atom. The number of anilines is 3. The van der Waals surface area contributed by atoms with Gasteiger partial charge in [-0.3, -0.25) is 4.79 Å². The van der Waals surface area contributed by atoms with E-state index in [1.54, 1.807) is 20.3 Å². The number of nitrogens with one attached hydrogen (secondary N) is 2. The van der Waals surface area contributed by atoms with Gasteiger partial charge in [-0.15, -0.1) is 0 Å². The molecule has 1 atom stereocenters. The van der Waals surface area contributed by atoms with Gasteiger partial charge in [0.1, 0.15) is 5.82 Å². The zero-order chi connectivity index (χ0) is 24.1. The maximum Gasteiger partial charge on any atom is 0.317 e. The van der Waals surface area contributed by atoms with Gasteiger partial charge in [0.25, 0.3) is 5.91 Å². The molecular formula is C25H35N7O2. The molecular weight excluding hydrogens is 430 g/mol. The summed E-state index contributed by atoms with van der Waals surface area (Å²) in [5.41, 5.74) is 7.88. The molecule has 2 aliphatic rings. The third kappa shape index (κ3) is 5.76. The second kappa shape index (κ2) is 10.7. The van der Waals surface area contributed by atoms with Crippen molar-refractivity contribution < 1.29 is 9.59 Å². The van der Waals surface area contributed by atoms with Crippen molar-refractivity contribution in [3.05, 3.63) is 41.7 Å². The maximum absolute atomic E-state index is 12.1. The molecule has 182 valence electrons. The van der Waals surface area contributed by atoms with Crippen LogP contribution in [0.25, 0.3) is 0 Å². The van der Waals surface area contributed by atoms with Gasteiger partial charge >= 0.3 is 6.03 Å². The molecule has 0 spiro atoms. The molecule has 1 saturated heterocycles. The van der Waals surface area contributed by atoms with Gasteiger partial charge in [0.2, 0.25) is 0 Å². The summed E-state index contributed by atoms with van der Waals surface area (Å²) in [6.45, 7) is 1.42. The van der Waals surface area contributed by atoms with E-state index in [4.69, 9.17) is 10.7 Å². The van der Waals surface area contributed by atoms with Crippen LogP contribution >= 0.6 is 0 Å². The van der Waals surface area contributed by atoms with Crippen LogP contribution in [0.4, 0.5) is 22.1 Å². The van der Waals surface area contributed by atoms with Crippen molar-refractivity contribution in [1.29, 1.82) is 0 Å². The third-order valence-corrected chi connectivity index (χ3v) is 6.72. The fraction of sp³-hybridized carbons (Fsp3) is 0.520. The molecule has 1 saturated carbocycles. The highest BCUT2D eigenvalue weighted by atomic mass is 16.2. The maximum atomic E-state index is 12.1. The van der Waals surface area contributed by atoms with Crippen molar-refractivity contribution in [2.75, 3.05) is 37.4 Å². The fourth-order valence-corrected chi connectivity index (χ4v) is 4.82. The third-order valence-electron chi connectivity index (χ3n) is 6.72. The minimum absolute atomic E-state index is 0.0185. The topological polar surface area (TPSA) is 116 Å². The molecule has 1 aliphatic carbocycles. The van der Waals surface area contributed by atoms with E-state index in [0.29, 0.717) is 24.1 Å². The number of carbonyl (C=O) groups is 2. The van der Waals surface area contributed by atoms with Crippen LogP contribution in [0.15, 0.2) is 30.5 Å². The number of rotatable bonds is 6. The first kappa shape index (κ1) is 23.8. The molecule has 1 aromatic carbocycles. The first-order chi connectivity index (χ1) is 16.4. The van der Waals surface area contributed by atoms with Gasteiger partial charge in [0.15, 0.2) is 11.5 Å². The van der Waals surface area contributed by atoms with Crippen LogP contribution in [0, 0.1) is 0 Å². The molecule has 4 rings (SSSR count). The SMILES string of the molecule is CN(C)C(=O)NC1CCCN(c2cnc(C(N)=O)c(Nc3ccc(C4CCCCC4)cc3)n2)C1. The zero-order valence-electron chi connectivity index (χ0n) is 20.1. The Kier molecular flexibility index (Phi) is 7.49. The smallest absolute Gasteiger partial charge is 0.317 e. The summed E-state index contributed by atoms with van der Waals surface area (Å²) >= 11 is 0. The normalized spacial score (nSPS) is 18.9. The number of nitrogens with two attached hydrogens (primary N) is 1. The fourth-order valence-electron chi connectivity index (χ4n) is 4.82. The van der Waals surface area contributed by atoms with Crippen LogP contribution in [0.1, 0.15) is 66.9 Å². The number of benzene rings is 1. The molecule has 34 heavy (non-hydrogen) atoms. The van der Waals surface area contributed by atoms with Gasteiger partial charge in [-0.25, -0.2) is 14.8 Å². The molecule has 9 heteroatoms. The molecule has 2 aromatic rings. The standard InChI is InChI=1S/C25H35N7O2/c1-31(2)25(34)29-20-9-6-14-32(16-20)21-15-27-22(23(26)33)24(30-21)28-19-12-10-18(11-13-19)17-7-4-3-5-8-17/h10-13,15,17,20H,3-9,14,16H2,1-2H3,(H2,26,33)(H,28,30)(H,29,34). The van der Waals surface area contributed by atoms with E-state index in [1.807, 2.05) is 12.1 Å². The number of piperidine rings is 1. The number of carbonyl (C=O) groups excluding carboxylic acids is 2. The summed E-state index contributed by atoms with van der Waals surface area (Å²) < 4.78 is 0. The number of hydrogen-bond acceptors (Lipinski definition) is 6. The zero-order valence-corrected chi connectivity index (χ0v) is 20.1. The molecule has 1 aliphatic heterocycles. The summed E-state index contributed by atoms with van der Waals surface area (Å²) in [5.74, 6) is 0.993. The van der Waals surface area contributed by atoms with E-state index in [-0.39, 0.29) is 17.8 Å². The van der Waals surface area contributed by atoms with Crippen LogP contribution in [0.2, 0.25) is 0 Å². The highest BCUT2D eigenvalue weighted by Gasteiger charge is 2.24. The molecule has 4 N–H and O–H groups in total. The molecule has 9 nitrogen and oxygen atoms in total. The molecule has 0 radical (unpaired) electrons. The molecule has 3 amide bonds. The van der Waals surface area contributed by atoms with E-state index in [1.165, 1.54) is 42.6 Å². The molecule has 2 fully saturated rings. The summed E-state index contributed by atoms with van der Waals surface area (Å²) in [7, 11) is 3.45. The van der Waals surface area contributed by atoms with Crippen molar-refractivity contribution in [3.8, 4) is 0 Å². The second-order valence-electron chi connectivity index (χ2n) is 9.50. The number of primary amides is 1. The van der Waals surface area contributed by atoms with Crippen LogP contribution in [0.3, 0.4) is 0 Å². The van der Waals surface area contributed by atoms with E-state index >= 15 is 0 Å². The summed E-state index contributed by atoms with van der Waals surface area (Å²) in [6.07, 6.45) is 9.82. The minimum Gasteiger partial charge on any atom is -0.364 e. The lowest BCUT2D eigenvalue weighted by molar-refractivity contribution is 0.0996. The van der Waals surface area contributed by atoms with Crippen LogP contribution in [-0.4, -0.2) is 60.0 Å². The number of urea groups is 1. The van der Waals surface area contributed by atoms with E-state index in [0.717, 1.165) is 25.1 Å². The highest BCUT2D eigenvalue weighted by molar-refractivity contribution is 5.96. The lowest BCUT2D eigenvalue weighted by atomic mass is 9.84. The van der Waals surface area contributed by atoms with Crippen LogP contribution in [0.5, 0.6) is 0 Å². The van der Waals surface area contributed by atoms with Crippen molar-refractivity contribution in [3.63, 3.8) is 0 Å². The van der Waals surface area contributed by atoms with Gasteiger partial charge in [0.05, 0.1) is 6.20 Å². The number of nitrogens with zero attached hydrogens (tertiary/aromatic N) is 4. The Labute approximate surface area is 201 Å². The minimum atomic E-state index is -0.629. The first-order valence-electron chi connectivity index (χ1n) is 12.2. The van der Waals surface area contributed by atoms with Gasteiger partial charge < -0.3 is 26.2 Å². The largest absolute Gasteiger partial charge is 0.364 e. The average Bonchev–Trinajstić information content (AvgIpc) is 2.85. The lowest BCUT2D eigenvalue weighted by Crippen LogP contribution is -2.50. The summed E-state index contributed by atoms with van der Waals surface area (Å²) in [6, 6.07) is 8.27. The van der Waals surface area contributed by atoms with Gasteiger partial charge in [-0.05, 0) is 49.3 Å².